The van der Waals surface area contributed by atoms with Crippen LogP contribution in [0.15, 0.2) is 27.8 Å². The largest absolute Gasteiger partial charge is 0.467 e. The van der Waals surface area contributed by atoms with E-state index in [4.69, 9.17) is 9.15 Å². The molecule has 0 saturated carbocycles. The van der Waals surface area contributed by atoms with Crippen LogP contribution in [0.25, 0.3) is 0 Å². The molecule has 0 spiro atoms. The highest BCUT2D eigenvalue weighted by atomic mass is 127. The van der Waals surface area contributed by atoms with Crippen LogP contribution in [0.5, 0.6) is 0 Å². The van der Waals surface area contributed by atoms with Gasteiger partial charge < -0.3 is 24.7 Å². The van der Waals surface area contributed by atoms with Crippen LogP contribution in [0.2, 0.25) is 0 Å². The average Bonchev–Trinajstić information content (AvgIpc) is 3.14. The molecule has 1 atom stereocenters. The van der Waals surface area contributed by atoms with Gasteiger partial charge >= 0.3 is 0 Å². The fourth-order valence-electron chi connectivity index (χ4n) is 3.15. The monoisotopic (exact) mass is 478 g/mol. The molecule has 0 aliphatic carbocycles. The molecule has 1 saturated heterocycles. The molecule has 7 heteroatoms. The number of nitrogens with zero attached hydrogens (tertiary/aromatic N) is 2. The van der Waals surface area contributed by atoms with Crippen molar-refractivity contribution >= 4 is 29.9 Å². The van der Waals surface area contributed by atoms with Gasteiger partial charge in [0.2, 0.25) is 0 Å². The van der Waals surface area contributed by atoms with E-state index in [0.717, 1.165) is 43.7 Å². The summed E-state index contributed by atoms with van der Waals surface area (Å²) < 4.78 is 10.8. The fourth-order valence-corrected chi connectivity index (χ4v) is 3.15. The Morgan fingerprint density at radius 3 is 2.81 bits per heavy atom. The van der Waals surface area contributed by atoms with Crippen LogP contribution in [-0.4, -0.2) is 56.7 Å². The molecule has 0 radical (unpaired) electrons. The molecule has 1 aromatic heterocycles. The first-order valence-electron chi connectivity index (χ1n) is 9.58. The van der Waals surface area contributed by atoms with E-state index in [2.05, 4.69) is 27.4 Å². The van der Waals surface area contributed by atoms with E-state index in [1.54, 1.807) is 6.26 Å². The van der Waals surface area contributed by atoms with Crippen molar-refractivity contribution < 1.29 is 9.15 Å². The molecule has 2 heterocycles. The third-order valence-electron chi connectivity index (χ3n) is 4.66. The fraction of sp³-hybridized carbons (Fsp3) is 0.737. The number of aliphatic imine (C=N–C) groups is 1. The number of hydrogen-bond acceptors (Lipinski definition) is 4. The summed E-state index contributed by atoms with van der Waals surface area (Å²) in [6.07, 6.45) is 7.84. The second kappa shape index (κ2) is 14.3. The average molecular weight is 478 g/mol. The Morgan fingerprint density at radius 2 is 2.12 bits per heavy atom. The van der Waals surface area contributed by atoms with Gasteiger partial charge in [0.15, 0.2) is 5.96 Å². The lowest BCUT2D eigenvalue weighted by Gasteiger charge is -2.33. The molecule has 26 heavy (non-hydrogen) atoms. The number of ether oxygens (including phenoxy) is 1. The van der Waals surface area contributed by atoms with Crippen molar-refractivity contribution in [2.45, 2.75) is 51.7 Å². The van der Waals surface area contributed by atoms with Crippen LogP contribution in [0.1, 0.15) is 44.8 Å². The zero-order valence-electron chi connectivity index (χ0n) is 16.2. The summed E-state index contributed by atoms with van der Waals surface area (Å²) in [5.41, 5.74) is 0. The van der Waals surface area contributed by atoms with Crippen LogP contribution < -0.4 is 10.6 Å². The van der Waals surface area contributed by atoms with Crippen molar-refractivity contribution in [2.24, 2.45) is 4.99 Å². The van der Waals surface area contributed by atoms with Crippen LogP contribution >= 0.6 is 24.0 Å². The molecule has 1 aromatic rings. The SMILES string of the molecule is CN=C(NCCCOCc1ccco1)NCCCN1CCCCC1C.I. The maximum atomic E-state index is 5.57. The minimum Gasteiger partial charge on any atom is -0.467 e. The van der Waals surface area contributed by atoms with Gasteiger partial charge in [0.1, 0.15) is 12.4 Å². The summed E-state index contributed by atoms with van der Waals surface area (Å²) in [6.45, 7) is 7.82. The maximum absolute atomic E-state index is 5.57. The predicted molar refractivity (Wildman–Crippen MR) is 117 cm³/mol. The molecular formula is C19H35IN4O2. The van der Waals surface area contributed by atoms with Gasteiger partial charge in [0.05, 0.1) is 6.26 Å². The molecule has 0 amide bonds. The molecule has 1 fully saturated rings. The van der Waals surface area contributed by atoms with Gasteiger partial charge in [-0.05, 0) is 51.3 Å². The van der Waals surface area contributed by atoms with Gasteiger partial charge in [0.25, 0.3) is 0 Å². The van der Waals surface area contributed by atoms with Crippen LogP contribution in [0, 0.1) is 0 Å². The molecule has 2 rings (SSSR count). The molecule has 0 aromatic carbocycles. The number of guanidine groups is 1. The van der Waals surface area contributed by atoms with Crippen molar-refractivity contribution in [3.05, 3.63) is 24.2 Å². The summed E-state index contributed by atoms with van der Waals surface area (Å²) in [7, 11) is 1.81. The molecule has 1 aliphatic rings. The number of hydrogen-bond donors (Lipinski definition) is 2. The van der Waals surface area contributed by atoms with Crippen molar-refractivity contribution in [1.29, 1.82) is 0 Å². The number of piperidine rings is 1. The van der Waals surface area contributed by atoms with E-state index >= 15 is 0 Å². The standard InChI is InChI=1S/C19H34N4O2.HI/c1-17-8-3-4-12-23(17)13-6-10-21-19(20-2)22-11-7-14-24-16-18-9-5-15-25-18;/h5,9,15,17H,3-4,6-8,10-14,16H2,1-2H3,(H2,20,21,22);1H. The zero-order chi connectivity index (χ0) is 17.7. The summed E-state index contributed by atoms with van der Waals surface area (Å²) in [5, 5.41) is 6.73. The highest BCUT2D eigenvalue weighted by Gasteiger charge is 2.16. The first kappa shape index (κ1) is 23.2. The van der Waals surface area contributed by atoms with E-state index in [1.165, 1.54) is 32.4 Å². The summed E-state index contributed by atoms with van der Waals surface area (Å²) in [6, 6.07) is 4.55. The van der Waals surface area contributed by atoms with E-state index in [-0.39, 0.29) is 24.0 Å². The lowest BCUT2D eigenvalue weighted by molar-refractivity contribution is 0.105. The molecule has 0 bridgehead atoms. The number of halogens is 1. The third kappa shape index (κ3) is 9.23. The normalized spacial score (nSPS) is 18.4. The second-order valence-electron chi connectivity index (χ2n) is 6.65. The minimum absolute atomic E-state index is 0. The first-order chi connectivity index (χ1) is 12.3. The van der Waals surface area contributed by atoms with Gasteiger partial charge in [0, 0.05) is 39.3 Å². The van der Waals surface area contributed by atoms with Gasteiger partial charge in [-0.3, -0.25) is 4.99 Å². The van der Waals surface area contributed by atoms with Crippen molar-refractivity contribution in [2.75, 3.05) is 39.8 Å². The quantitative estimate of drug-likeness (QED) is 0.234. The van der Waals surface area contributed by atoms with E-state index in [9.17, 15) is 0 Å². The van der Waals surface area contributed by atoms with Crippen LogP contribution in [0.4, 0.5) is 0 Å². The van der Waals surface area contributed by atoms with Crippen molar-refractivity contribution in [3.63, 3.8) is 0 Å². The van der Waals surface area contributed by atoms with Crippen LogP contribution in [-0.2, 0) is 11.3 Å². The van der Waals surface area contributed by atoms with Crippen molar-refractivity contribution in [1.82, 2.24) is 15.5 Å². The Hall–Kier alpha value is -0.800. The molecule has 150 valence electrons. The van der Waals surface area contributed by atoms with Crippen molar-refractivity contribution in [3.8, 4) is 0 Å². The van der Waals surface area contributed by atoms with Crippen LogP contribution in [0.3, 0.4) is 0 Å². The molecular weight excluding hydrogens is 443 g/mol. The van der Waals surface area contributed by atoms with Gasteiger partial charge in [-0.15, -0.1) is 24.0 Å². The summed E-state index contributed by atoms with van der Waals surface area (Å²) >= 11 is 0. The predicted octanol–water partition coefficient (Wildman–Crippen LogP) is 3.23. The highest BCUT2D eigenvalue weighted by Crippen LogP contribution is 2.15. The number of nitrogens with one attached hydrogen (secondary N) is 2. The zero-order valence-corrected chi connectivity index (χ0v) is 18.5. The van der Waals surface area contributed by atoms with Gasteiger partial charge in [-0.2, -0.15) is 0 Å². The molecule has 6 nitrogen and oxygen atoms in total. The minimum atomic E-state index is 0. The Morgan fingerprint density at radius 1 is 1.31 bits per heavy atom. The lowest BCUT2D eigenvalue weighted by atomic mass is 10.0. The number of rotatable bonds is 10. The molecule has 2 N–H and O–H groups in total. The Labute approximate surface area is 175 Å². The molecule has 1 unspecified atom stereocenters. The van der Waals surface area contributed by atoms with E-state index in [0.29, 0.717) is 13.2 Å². The van der Waals surface area contributed by atoms with E-state index < -0.39 is 0 Å². The summed E-state index contributed by atoms with van der Waals surface area (Å²) in [4.78, 5) is 6.88. The Balaban J connectivity index is 0.00000338. The topological polar surface area (TPSA) is 62.0 Å². The molecule has 1 aliphatic heterocycles. The summed E-state index contributed by atoms with van der Waals surface area (Å²) in [5.74, 6) is 1.74. The smallest absolute Gasteiger partial charge is 0.190 e. The second-order valence-corrected chi connectivity index (χ2v) is 6.65. The third-order valence-corrected chi connectivity index (χ3v) is 4.66. The highest BCUT2D eigenvalue weighted by molar-refractivity contribution is 14.0. The number of furan rings is 1. The van der Waals surface area contributed by atoms with E-state index in [1.807, 2.05) is 19.2 Å². The Kier molecular flexibility index (Phi) is 12.8. The van der Waals surface area contributed by atoms with Gasteiger partial charge in [-0.1, -0.05) is 6.42 Å². The number of likely N-dealkylation sites (tertiary alicyclic amines) is 1. The first-order valence-corrected chi connectivity index (χ1v) is 9.58. The lowest BCUT2D eigenvalue weighted by Crippen LogP contribution is -2.41. The van der Waals surface area contributed by atoms with Gasteiger partial charge in [-0.25, -0.2) is 0 Å². The Bertz CT molecular complexity index is 482. The maximum Gasteiger partial charge on any atom is 0.190 e.